The summed E-state index contributed by atoms with van der Waals surface area (Å²) in [6.45, 7) is 6.96. The number of carbonyl (C=O) groups excluding carboxylic acids is 1. The lowest BCUT2D eigenvalue weighted by Gasteiger charge is -2.18. The zero-order chi connectivity index (χ0) is 14.5. The molecule has 1 aliphatic rings. The molecule has 1 atom stereocenters. The number of fused-ring (bicyclic) bond motifs is 1. The van der Waals surface area contributed by atoms with Crippen LogP contribution in [0, 0.1) is 0 Å². The molecule has 0 aliphatic carbocycles. The van der Waals surface area contributed by atoms with Crippen molar-refractivity contribution in [3.63, 3.8) is 0 Å². The summed E-state index contributed by atoms with van der Waals surface area (Å²) in [5.41, 5.74) is 1.93. The Hall–Kier alpha value is -1.94. The van der Waals surface area contributed by atoms with E-state index in [1.54, 1.807) is 0 Å². The van der Waals surface area contributed by atoms with Crippen LogP contribution in [0.4, 0.5) is 5.69 Å². The summed E-state index contributed by atoms with van der Waals surface area (Å²) < 4.78 is 5.29. The number of nitrogens with zero attached hydrogens (tertiary/aromatic N) is 2. The van der Waals surface area contributed by atoms with Crippen LogP contribution in [-0.2, 0) is 4.79 Å². The zero-order valence-electron chi connectivity index (χ0n) is 12.0. The molecule has 0 radical (unpaired) electrons. The van der Waals surface area contributed by atoms with E-state index in [2.05, 4.69) is 23.5 Å². The molecule has 0 spiro atoms. The molecule has 0 fully saturated rings. The lowest BCUT2D eigenvalue weighted by atomic mass is 9.96. The molecule has 1 unspecified atom stereocenters. The fraction of sp³-hybridized carbons (Fsp3) is 0.375. The van der Waals surface area contributed by atoms with Crippen LogP contribution in [0.1, 0.15) is 24.8 Å². The summed E-state index contributed by atoms with van der Waals surface area (Å²) in [6, 6.07) is 5.64. The molecule has 0 bridgehead atoms. The first-order valence-electron chi connectivity index (χ1n) is 6.76. The Kier molecular flexibility index (Phi) is 4.69. The number of esters is 1. The van der Waals surface area contributed by atoms with Gasteiger partial charge in [-0.15, -0.1) is 6.58 Å². The summed E-state index contributed by atoms with van der Waals surface area (Å²) in [6.07, 6.45) is 4.78. The Balaban J connectivity index is 2.11. The molecule has 4 heteroatoms. The van der Waals surface area contributed by atoms with Gasteiger partial charge in [0, 0.05) is 31.2 Å². The summed E-state index contributed by atoms with van der Waals surface area (Å²) >= 11 is 0. The number of carbonyl (C=O) groups is 1. The Morgan fingerprint density at radius 2 is 2.35 bits per heavy atom. The van der Waals surface area contributed by atoms with Gasteiger partial charge in [-0.3, -0.25) is 9.79 Å². The quantitative estimate of drug-likeness (QED) is 0.454. The number of hydrogen-bond donors (Lipinski definition) is 0. The van der Waals surface area contributed by atoms with Crippen molar-refractivity contribution < 1.29 is 9.53 Å². The molecule has 0 amide bonds. The highest BCUT2D eigenvalue weighted by atomic mass is 16.5. The first kappa shape index (κ1) is 14.5. The first-order valence-corrected chi connectivity index (χ1v) is 6.76. The molecule has 1 aromatic carbocycles. The van der Waals surface area contributed by atoms with Gasteiger partial charge in [-0.05, 0) is 32.1 Å². The van der Waals surface area contributed by atoms with Gasteiger partial charge in [0.2, 0.25) is 0 Å². The van der Waals surface area contributed by atoms with Crippen molar-refractivity contribution in [2.75, 3.05) is 20.1 Å². The van der Waals surface area contributed by atoms with Crippen LogP contribution in [-0.4, -0.2) is 37.2 Å². The van der Waals surface area contributed by atoms with Gasteiger partial charge in [-0.2, -0.15) is 0 Å². The molecule has 106 valence electrons. The van der Waals surface area contributed by atoms with E-state index in [-0.39, 0.29) is 11.9 Å². The summed E-state index contributed by atoms with van der Waals surface area (Å²) in [5.74, 6) is 0.532. The molecule has 1 aromatic rings. The molecule has 1 aliphatic heterocycles. The van der Waals surface area contributed by atoms with Crippen LogP contribution in [0.5, 0.6) is 5.75 Å². The minimum atomic E-state index is -0.298. The van der Waals surface area contributed by atoms with Crippen molar-refractivity contribution in [3.8, 4) is 5.75 Å². The van der Waals surface area contributed by atoms with Crippen molar-refractivity contribution in [3.05, 3.63) is 36.4 Å². The smallest absolute Gasteiger partial charge is 0.308 e. The Morgan fingerprint density at radius 1 is 1.55 bits per heavy atom. The highest BCUT2D eigenvalue weighted by molar-refractivity contribution is 5.84. The Labute approximate surface area is 119 Å². The number of rotatable bonds is 6. The van der Waals surface area contributed by atoms with Crippen LogP contribution in [0.2, 0.25) is 0 Å². The van der Waals surface area contributed by atoms with Gasteiger partial charge < -0.3 is 9.64 Å². The van der Waals surface area contributed by atoms with Crippen molar-refractivity contribution >= 4 is 17.9 Å². The van der Waals surface area contributed by atoms with Crippen LogP contribution in [0.3, 0.4) is 0 Å². The zero-order valence-corrected chi connectivity index (χ0v) is 12.0. The van der Waals surface area contributed by atoms with Gasteiger partial charge in [-0.25, -0.2) is 0 Å². The van der Waals surface area contributed by atoms with Crippen molar-refractivity contribution in [1.82, 2.24) is 4.90 Å². The maximum atomic E-state index is 11.2. The molecular formula is C16H20N2O2. The molecular weight excluding hydrogens is 252 g/mol. The highest BCUT2D eigenvalue weighted by Crippen LogP contribution is 2.40. The molecule has 1 heterocycles. The van der Waals surface area contributed by atoms with Gasteiger partial charge in [0.15, 0.2) is 0 Å². The normalized spacial score (nSPS) is 16.2. The van der Waals surface area contributed by atoms with Gasteiger partial charge in [0.05, 0.1) is 5.69 Å². The number of aliphatic imine (C=N–C) groups is 1. The molecule has 4 nitrogen and oxygen atoms in total. The van der Waals surface area contributed by atoms with E-state index < -0.39 is 0 Å². The largest absolute Gasteiger partial charge is 0.426 e. The Bertz CT molecular complexity index is 537. The first-order chi connectivity index (χ1) is 9.61. The van der Waals surface area contributed by atoms with Crippen molar-refractivity contribution in [1.29, 1.82) is 0 Å². The minimum absolute atomic E-state index is 0.202. The highest BCUT2D eigenvalue weighted by Gasteiger charge is 2.24. The van der Waals surface area contributed by atoms with E-state index in [0.717, 1.165) is 30.8 Å². The van der Waals surface area contributed by atoms with Crippen LogP contribution < -0.4 is 4.74 Å². The Morgan fingerprint density at radius 3 is 3.05 bits per heavy atom. The van der Waals surface area contributed by atoms with E-state index in [9.17, 15) is 4.79 Å². The van der Waals surface area contributed by atoms with E-state index in [0.29, 0.717) is 5.75 Å². The lowest BCUT2D eigenvalue weighted by molar-refractivity contribution is -0.131. The fourth-order valence-electron chi connectivity index (χ4n) is 2.40. The van der Waals surface area contributed by atoms with E-state index in [1.165, 1.54) is 6.92 Å². The fourth-order valence-corrected chi connectivity index (χ4v) is 2.40. The number of hydrogen-bond acceptors (Lipinski definition) is 4. The van der Waals surface area contributed by atoms with Crippen molar-refractivity contribution in [2.45, 2.75) is 19.3 Å². The van der Waals surface area contributed by atoms with Gasteiger partial charge in [0.25, 0.3) is 0 Å². The second kappa shape index (κ2) is 6.48. The van der Waals surface area contributed by atoms with Gasteiger partial charge >= 0.3 is 5.97 Å². The monoisotopic (exact) mass is 272 g/mol. The topological polar surface area (TPSA) is 41.9 Å². The molecule has 0 N–H and O–H groups in total. The number of benzene rings is 1. The number of ether oxygens (including phenoxy) is 1. The average molecular weight is 272 g/mol. The van der Waals surface area contributed by atoms with E-state index in [1.807, 2.05) is 30.5 Å². The summed E-state index contributed by atoms with van der Waals surface area (Å²) in [4.78, 5) is 17.8. The number of likely N-dealkylation sites (N-methyl/N-ethyl adjacent to an activating group) is 1. The third-order valence-electron chi connectivity index (χ3n) is 3.32. The van der Waals surface area contributed by atoms with E-state index in [4.69, 9.17) is 4.74 Å². The van der Waals surface area contributed by atoms with Gasteiger partial charge in [-0.1, -0.05) is 12.1 Å². The predicted octanol–water partition coefficient (Wildman–Crippen LogP) is 2.92. The summed E-state index contributed by atoms with van der Waals surface area (Å²) in [7, 11) is 2.06. The lowest BCUT2D eigenvalue weighted by Crippen LogP contribution is -2.21. The van der Waals surface area contributed by atoms with Crippen LogP contribution in [0.25, 0.3) is 0 Å². The SMILES string of the molecule is C=CCN(C)CCC1C=Nc2cccc(OC(C)=O)c21. The average Bonchev–Trinajstić information content (AvgIpc) is 2.80. The predicted molar refractivity (Wildman–Crippen MR) is 81.0 cm³/mol. The molecule has 2 rings (SSSR count). The second-order valence-electron chi connectivity index (χ2n) is 5.01. The molecule has 0 aromatic heterocycles. The van der Waals surface area contributed by atoms with Crippen LogP contribution >= 0.6 is 0 Å². The second-order valence-corrected chi connectivity index (χ2v) is 5.01. The molecule has 20 heavy (non-hydrogen) atoms. The third kappa shape index (κ3) is 3.33. The maximum absolute atomic E-state index is 11.2. The van der Waals surface area contributed by atoms with E-state index >= 15 is 0 Å². The third-order valence-corrected chi connectivity index (χ3v) is 3.32. The van der Waals surface area contributed by atoms with Crippen molar-refractivity contribution in [2.24, 2.45) is 4.99 Å². The molecule has 0 saturated carbocycles. The van der Waals surface area contributed by atoms with Crippen LogP contribution in [0.15, 0.2) is 35.8 Å². The minimum Gasteiger partial charge on any atom is -0.426 e. The van der Waals surface area contributed by atoms with Gasteiger partial charge in [0.1, 0.15) is 5.75 Å². The standard InChI is InChI=1S/C16H20N2O2/c1-4-9-18(3)10-8-13-11-17-14-6-5-7-15(16(13)14)20-12(2)19/h4-7,11,13H,1,8-10H2,2-3H3. The maximum Gasteiger partial charge on any atom is 0.308 e. The molecule has 0 saturated heterocycles. The summed E-state index contributed by atoms with van der Waals surface area (Å²) in [5, 5.41) is 0.